The molecule has 5 nitrogen and oxygen atoms in total. The maximum atomic E-state index is 12.5. The second-order valence-corrected chi connectivity index (χ2v) is 8.57. The first-order valence-electron chi connectivity index (χ1n) is 9.31. The van der Waals surface area contributed by atoms with Crippen LogP contribution in [-0.2, 0) is 4.79 Å². The Bertz CT molecular complexity index is 944. The molecule has 146 valence electrons. The largest absolute Gasteiger partial charge is 0.411 e. The number of aromatic nitrogens is 2. The van der Waals surface area contributed by atoms with Crippen molar-refractivity contribution in [1.82, 2.24) is 10.2 Å². The minimum atomic E-state index is -0.364. The van der Waals surface area contributed by atoms with E-state index in [0.29, 0.717) is 17.0 Å². The summed E-state index contributed by atoms with van der Waals surface area (Å²) in [4.78, 5) is 12.5. The van der Waals surface area contributed by atoms with E-state index in [1.807, 2.05) is 57.2 Å². The first-order chi connectivity index (χ1) is 13.3. The van der Waals surface area contributed by atoms with E-state index in [9.17, 15) is 4.79 Å². The van der Waals surface area contributed by atoms with Crippen molar-refractivity contribution < 1.29 is 9.21 Å². The van der Waals surface area contributed by atoms with Gasteiger partial charge in [0.1, 0.15) is 0 Å². The van der Waals surface area contributed by atoms with Gasteiger partial charge in [0.15, 0.2) is 0 Å². The average Bonchev–Trinajstić information content (AvgIpc) is 3.10. The van der Waals surface area contributed by atoms with Crippen molar-refractivity contribution in [3.8, 4) is 11.5 Å². The molecule has 1 atom stereocenters. The molecule has 1 aromatic heterocycles. The minimum Gasteiger partial charge on any atom is -0.411 e. The van der Waals surface area contributed by atoms with Crippen LogP contribution in [0.3, 0.4) is 0 Å². The molecule has 0 aliphatic carbocycles. The normalized spacial score (nSPS) is 12.2. The Kier molecular flexibility index (Phi) is 6.19. The zero-order valence-electron chi connectivity index (χ0n) is 16.8. The van der Waals surface area contributed by atoms with Gasteiger partial charge in [0.2, 0.25) is 11.8 Å². The second kappa shape index (κ2) is 8.61. The fourth-order valence-corrected chi connectivity index (χ4v) is 3.56. The quantitative estimate of drug-likeness (QED) is 0.551. The summed E-state index contributed by atoms with van der Waals surface area (Å²) in [5, 5.41) is 11.2. The highest BCUT2D eigenvalue weighted by Crippen LogP contribution is 2.28. The lowest BCUT2D eigenvalue weighted by molar-refractivity contribution is -0.115. The molecular formula is C22H25N3O2S. The van der Waals surface area contributed by atoms with E-state index in [4.69, 9.17) is 4.42 Å². The van der Waals surface area contributed by atoms with Gasteiger partial charge < -0.3 is 9.73 Å². The number of carbonyl (C=O) groups is 1. The van der Waals surface area contributed by atoms with Crippen LogP contribution in [0.1, 0.15) is 43.4 Å². The lowest BCUT2D eigenvalue weighted by Crippen LogP contribution is -2.22. The van der Waals surface area contributed by atoms with Crippen LogP contribution in [-0.4, -0.2) is 21.4 Å². The van der Waals surface area contributed by atoms with Crippen LogP contribution in [0, 0.1) is 13.8 Å². The van der Waals surface area contributed by atoms with E-state index in [1.165, 1.54) is 17.3 Å². The fraction of sp³-hybridized carbons (Fsp3) is 0.318. The Labute approximate surface area is 170 Å². The highest BCUT2D eigenvalue weighted by Gasteiger charge is 2.19. The minimum absolute atomic E-state index is 0.103. The van der Waals surface area contributed by atoms with E-state index in [2.05, 4.69) is 35.4 Å². The molecule has 3 rings (SSSR count). The molecule has 0 unspecified atom stereocenters. The average molecular weight is 396 g/mol. The molecule has 0 spiro atoms. The van der Waals surface area contributed by atoms with Crippen molar-refractivity contribution in [3.05, 3.63) is 59.2 Å². The van der Waals surface area contributed by atoms with E-state index in [1.54, 1.807) is 0 Å². The van der Waals surface area contributed by atoms with Crippen molar-refractivity contribution in [2.45, 2.75) is 51.0 Å². The predicted molar refractivity (Wildman–Crippen MR) is 114 cm³/mol. The van der Waals surface area contributed by atoms with E-state index < -0.39 is 0 Å². The smallest absolute Gasteiger partial charge is 0.277 e. The lowest BCUT2D eigenvalue weighted by Gasteiger charge is -2.11. The highest BCUT2D eigenvalue weighted by atomic mass is 32.2. The van der Waals surface area contributed by atoms with Crippen LogP contribution in [0.15, 0.2) is 52.1 Å². The van der Waals surface area contributed by atoms with E-state index in [-0.39, 0.29) is 11.2 Å². The Morgan fingerprint density at radius 3 is 2.25 bits per heavy atom. The first kappa shape index (κ1) is 20.1. The van der Waals surface area contributed by atoms with Crippen LogP contribution < -0.4 is 5.32 Å². The van der Waals surface area contributed by atoms with Crippen molar-refractivity contribution in [3.63, 3.8) is 0 Å². The zero-order chi connectivity index (χ0) is 20.3. The van der Waals surface area contributed by atoms with Gasteiger partial charge in [-0.05, 0) is 56.5 Å². The Hall–Kier alpha value is -2.60. The molecule has 0 aliphatic rings. The molecule has 1 heterocycles. The van der Waals surface area contributed by atoms with Crippen molar-refractivity contribution in [2.75, 3.05) is 5.32 Å². The van der Waals surface area contributed by atoms with Crippen LogP contribution in [0.5, 0.6) is 0 Å². The second-order valence-electron chi connectivity index (χ2n) is 7.28. The standard InChI is InChI=1S/C22H25N3O2S/c1-13(2)17-6-8-19(9-7-17)23-20(26)16(5)28-22-25-24-21(27-22)18-11-14(3)10-15(4)12-18/h6-13,16H,1-5H3,(H,23,26)/t16-/m1/s1. The molecule has 0 radical (unpaired) electrons. The summed E-state index contributed by atoms with van der Waals surface area (Å²) in [5.74, 6) is 0.822. The summed E-state index contributed by atoms with van der Waals surface area (Å²) in [6, 6.07) is 14.0. The Balaban J connectivity index is 1.63. The van der Waals surface area contributed by atoms with Gasteiger partial charge in [0.25, 0.3) is 5.22 Å². The predicted octanol–water partition coefficient (Wildman–Crippen LogP) is 5.60. The number of amides is 1. The molecule has 6 heteroatoms. The van der Waals surface area contributed by atoms with Gasteiger partial charge in [0.05, 0.1) is 5.25 Å². The van der Waals surface area contributed by atoms with Gasteiger partial charge in [-0.3, -0.25) is 4.79 Å². The summed E-state index contributed by atoms with van der Waals surface area (Å²) in [6.07, 6.45) is 0. The van der Waals surface area contributed by atoms with Crippen LogP contribution in [0.2, 0.25) is 0 Å². The van der Waals surface area contributed by atoms with E-state index in [0.717, 1.165) is 22.4 Å². The maximum absolute atomic E-state index is 12.5. The lowest BCUT2D eigenvalue weighted by atomic mass is 10.0. The SMILES string of the molecule is Cc1cc(C)cc(-c2nnc(S[C@H](C)C(=O)Nc3ccc(C(C)C)cc3)o2)c1. The summed E-state index contributed by atoms with van der Waals surface area (Å²) in [7, 11) is 0. The maximum Gasteiger partial charge on any atom is 0.277 e. The molecule has 1 amide bonds. The first-order valence-corrected chi connectivity index (χ1v) is 10.2. The molecule has 2 aromatic carbocycles. The third-order valence-electron chi connectivity index (χ3n) is 4.37. The summed E-state index contributed by atoms with van der Waals surface area (Å²) in [5.41, 5.74) is 5.19. The van der Waals surface area contributed by atoms with Gasteiger partial charge in [-0.2, -0.15) is 0 Å². The molecule has 0 saturated carbocycles. The molecule has 0 aliphatic heterocycles. The molecule has 0 bridgehead atoms. The number of rotatable bonds is 6. The van der Waals surface area contributed by atoms with Crippen molar-refractivity contribution in [1.29, 1.82) is 0 Å². The molecule has 3 aromatic rings. The molecule has 28 heavy (non-hydrogen) atoms. The number of hydrogen-bond donors (Lipinski definition) is 1. The number of nitrogens with one attached hydrogen (secondary N) is 1. The number of thioether (sulfide) groups is 1. The molecule has 1 N–H and O–H groups in total. The molecule has 0 fully saturated rings. The number of hydrogen-bond acceptors (Lipinski definition) is 5. The molecular weight excluding hydrogens is 370 g/mol. The summed E-state index contributed by atoms with van der Waals surface area (Å²) >= 11 is 1.25. The number of benzene rings is 2. The summed E-state index contributed by atoms with van der Waals surface area (Å²) < 4.78 is 5.75. The van der Waals surface area contributed by atoms with Gasteiger partial charge in [-0.25, -0.2) is 0 Å². The third kappa shape index (κ3) is 5.01. The third-order valence-corrected chi connectivity index (χ3v) is 5.30. The van der Waals surface area contributed by atoms with Gasteiger partial charge in [-0.15, -0.1) is 10.2 Å². The Morgan fingerprint density at radius 2 is 1.64 bits per heavy atom. The number of aryl methyl sites for hydroxylation is 2. The number of anilines is 1. The number of carbonyl (C=O) groups excluding carboxylic acids is 1. The summed E-state index contributed by atoms with van der Waals surface area (Å²) in [6.45, 7) is 10.2. The Morgan fingerprint density at radius 1 is 1.00 bits per heavy atom. The highest BCUT2D eigenvalue weighted by molar-refractivity contribution is 8.00. The van der Waals surface area contributed by atoms with E-state index >= 15 is 0 Å². The monoisotopic (exact) mass is 395 g/mol. The van der Waals surface area contributed by atoms with Crippen LogP contribution in [0.4, 0.5) is 5.69 Å². The van der Waals surface area contributed by atoms with Gasteiger partial charge in [0, 0.05) is 11.3 Å². The molecule has 0 saturated heterocycles. The topological polar surface area (TPSA) is 68.0 Å². The number of nitrogens with zero attached hydrogens (tertiary/aromatic N) is 2. The van der Waals surface area contributed by atoms with Gasteiger partial charge >= 0.3 is 0 Å². The zero-order valence-corrected chi connectivity index (χ0v) is 17.6. The van der Waals surface area contributed by atoms with Crippen LogP contribution >= 0.6 is 11.8 Å². The fourth-order valence-electron chi connectivity index (χ4n) is 2.87. The van der Waals surface area contributed by atoms with Crippen molar-refractivity contribution >= 4 is 23.4 Å². The van der Waals surface area contributed by atoms with Crippen LogP contribution in [0.25, 0.3) is 11.5 Å². The van der Waals surface area contributed by atoms with Gasteiger partial charge in [-0.1, -0.05) is 54.9 Å². The van der Waals surface area contributed by atoms with Crippen molar-refractivity contribution in [2.24, 2.45) is 0 Å².